The largest absolute Gasteiger partial charge is 0.497 e. The maximum atomic E-state index is 13.8. The summed E-state index contributed by atoms with van der Waals surface area (Å²) < 4.78 is 20.8. The van der Waals surface area contributed by atoms with Crippen LogP contribution in [-0.2, 0) is 11.3 Å². The third-order valence-corrected chi connectivity index (χ3v) is 9.45. The summed E-state index contributed by atoms with van der Waals surface area (Å²) in [5, 5.41) is 20.5. The van der Waals surface area contributed by atoms with Crippen molar-refractivity contribution in [3.8, 4) is 11.4 Å². The zero-order valence-corrected chi connectivity index (χ0v) is 27.1. The SMILES string of the molecule is COc1ccc(C(=O)NCc2nnc(SCC(=O)N3N=C(c4cccs4)C[C@@H]3c3ccc(F)cc3)n2-c2cc(C)ccc2C)cc1. The number of methoxy groups -OCH3 is 1. The van der Waals surface area contributed by atoms with Gasteiger partial charge in [-0.25, -0.2) is 9.40 Å². The number of amides is 2. The van der Waals surface area contributed by atoms with E-state index < -0.39 is 0 Å². The molecule has 2 amide bonds. The van der Waals surface area contributed by atoms with Crippen molar-refractivity contribution in [1.29, 1.82) is 0 Å². The molecule has 234 valence electrons. The average molecular weight is 655 g/mol. The van der Waals surface area contributed by atoms with Crippen molar-refractivity contribution in [2.45, 2.75) is 38.0 Å². The van der Waals surface area contributed by atoms with Gasteiger partial charge < -0.3 is 10.1 Å². The number of halogens is 1. The molecule has 2 aromatic heterocycles. The first-order chi connectivity index (χ1) is 22.3. The Labute approximate surface area is 274 Å². The van der Waals surface area contributed by atoms with Crippen molar-refractivity contribution in [3.63, 3.8) is 0 Å². The van der Waals surface area contributed by atoms with Gasteiger partial charge in [-0.1, -0.05) is 42.1 Å². The summed E-state index contributed by atoms with van der Waals surface area (Å²) in [4.78, 5) is 27.7. The fraction of sp³-hybridized carbons (Fsp3) is 0.206. The number of ether oxygens (including phenoxy) is 1. The molecule has 0 saturated carbocycles. The highest BCUT2D eigenvalue weighted by Crippen LogP contribution is 2.35. The molecule has 0 spiro atoms. The number of thioether (sulfide) groups is 1. The number of hydrogen-bond acceptors (Lipinski definition) is 8. The number of aryl methyl sites for hydroxylation is 2. The standard InChI is InChI=1S/C34H31FN6O3S2/c1-21-6-7-22(2)28(17-21)40-31(19-36-33(43)24-10-14-26(44-3)15-11-24)37-38-34(40)46-20-32(42)41-29(23-8-12-25(35)13-9-23)18-27(39-41)30-5-4-16-45-30/h4-17,29H,18-20H2,1-3H3,(H,36,43)/t29-/m1/s1. The maximum absolute atomic E-state index is 13.8. The predicted molar refractivity (Wildman–Crippen MR) is 177 cm³/mol. The van der Waals surface area contributed by atoms with Crippen LogP contribution in [0.5, 0.6) is 5.75 Å². The minimum absolute atomic E-state index is 0.0418. The number of benzene rings is 3. The number of hydrogen-bond donors (Lipinski definition) is 1. The van der Waals surface area contributed by atoms with Crippen molar-refractivity contribution < 1.29 is 18.7 Å². The van der Waals surface area contributed by atoms with Crippen LogP contribution in [0.2, 0.25) is 0 Å². The van der Waals surface area contributed by atoms with E-state index in [4.69, 9.17) is 9.84 Å². The Kier molecular flexibility index (Phi) is 9.27. The van der Waals surface area contributed by atoms with Gasteiger partial charge in [0.2, 0.25) is 0 Å². The van der Waals surface area contributed by atoms with E-state index in [-0.39, 0.29) is 36.0 Å². The molecule has 0 radical (unpaired) electrons. The van der Waals surface area contributed by atoms with Gasteiger partial charge in [-0.05, 0) is 84.4 Å². The third-order valence-electron chi connectivity index (χ3n) is 7.62. The van der Waals surface area contributed by atoms with E-state index in [1.54, 1.807) is 54.8 Å². The smallest absolute Gasteiger partial charge is 0.253 e. The van der Waals surface area contributed by atoms with Crippen molar-refractivity contribution in [3.05, 3.63) is 123 Å². The molecule has 5 aromatic rings. The zero-order chi connectivity index (χ0) is 32.2. The summed E-state index contributed by atoms with van der Waals surface area (Å²) in [5.74, 6) is 0.415. The van der Waals surface area contributed by atoms with Crippen LogP contribution >= 0.6 is 23.1 Å². The minimum atomic E-state index is -0.355. The summed E-state index contributed by atoms with van der Waals surface area (Å²) in [6.45, 7) is 4.11. The van der Waals surface area contributed by atoms with E-state index in [2.05, 4.69) is 15.5 Å². The van der Waals surface area contributed by atoms with Crippen molar-refractivity contribution >= 4 is 40.6 Å². The van der Waals surface area contributed by atoms with E-state index >= 15 is 0 Å². The lowest BCUT2D eigenvalue weighted by Gasteiger charge is -2.22. The lowest BCUT2D eigenvalue weighted by molar-refractivity contribution is -0.130. The lowest BCUT2D eigenvalue weighted by atomic mass is 10.0. The van der Waals surface area contributed by atoms with Gasteiger partial charge in [-0.3, -0.25) is 14.2 Å². The van der Waals surface area contributed by atoms with E-state index in [1.165, 1.54) is 28.9 Å². The van der Waals surface area contributed by atoms with Gasteiger partial charge in [0.25, 0.3) is 11.8 Å². The normalized spacial score (nSPS) is 14.3. The van der Waals surface area contributed by atoms with E-state index in [0.717, 1.165) is 33.0 Å². The molecule has 12 heteroatoms. The second kappa shape index (κ2) is 13.7. The van der Waals surface area contributed by atoms with E-state index in [9.17, 15) is 14.0 Å². The summed E-state index contributed by atoms with van der Waals surface area (Å²) in [6, 6.07) is 22.7. The molecule has 1 atom stereocenters. The highest BCUT2D eigenvalue weighted by molar-refractivity contribution is 7.99. The number of hydrazone groups is 1. The van der Waals surface area contributed by atoms with Gasteiger partial charge in [0.1, 0.15) is 11.6 Å². The molecule has 0 fully saturated rings. The second-order valence-electron chi connectivity index (χ2n) is 10.8. The number of carbonyl (C=O) groups excluding carboxylic acids is 2. The molecule has 0 bridgehead atoms. The molecule has 1 N–H and O–H groups in total. The number of aromatic nitrogens is 3. The second-order valence-corrected chi connectivity index (χ2v) is 12.6. The zero-order valence-electron chi connectivity index (χ0n) is 25.4. The van der Waals surface area contributed by atoms with Crippen LogP contribution in [0, 0.1) is 19.7 Å². The fourth-order valence-corrected chi connectivity index (χ4v) is 6.72. The molecule has 9 nitrogen and oxygen atoms in total. The Morgan fingerprint density at radius 2 is 1.83 bits per heavy atom. The van der Waals surface area contributed by atoms with Crippen LogP contribution in [0.25, 0.3) is 5.69 Å². The monoisotopic (exact) mass is 654 g/mol. The van der Waals surface area contributed by atoms with Gasteiger partial charge in [0.05, 0.1) is 41.7 Å². The van der Waals surface area contributed by atoms with Gasteiger partial charge in [-0.15, -0.1) is 21.5 Å². The Morgan fingerprint density at radius 3 is 2.54 bits per heavy atom. The maximum Gasteiger partial charge on any atom is 0.253 e. The van der Waals surface area contributed by atoms with Crippen LogP contribution < -0.4 is 10.1 Å². The minimum Gasteiger partial charge on any atom is -0.497 e. The van der Waals surface area contributed by atoms with Crippen molar-refractivity contribution in [2.24, 2.45) is 5.10 Å². The highest BCUT2D eigenvalue weighted by atomic mass is 32.2. The summed E-state index contributed by atoms with van der Waals surface area (Å²) in [5.41, 5.74) is 5.01. The first kappa shape index (κ1) is 31.2. The molecule has 1 aliphatic rings. The third kappa shape index (κ3) is 6.73. The van der Waals surface area contributed by atoms with Gasteiger partial charge >= 0.3 is 0 Å². The Balaban J connectivity index is 1.25. The number of carbonyl (C=O) groups is 2. The van der Waals surface area contributed by atoms with Crippen LogP contribution in [0.15, 0.2) is 94.5 Å². The molecule has 0 unspecified atom stereocenters. The molecule has 3 aromatic carbocycles. The molecule has 0 aliphatic carbocycles. The molecule has 3 heterocycles. The van der Waals surface area contributed by atoms with E-state index in [0.29, 0.717) is 28.7 Å². The van der Waals surface area contributed by atoms with Crippen molar-refractivity contribution in [2.75, 3.05) is 12.9 Å². The number of nitrogens with zero attached hydrogens (tertiary/aromatic N) is 5. The van der Waals surface area contributed by atoms with Crippen LogP contribution in [-0.4, -0.2) is 50.2 Å². The summed E-state index contributed by atoms with van der Waals surface area (Å²) >= 11 is 2.81. The average Bonchev–Trinajstić information content (AvgIpc) is 3.84. The van der Waals surface area contributed by atoms with Crippen LogP contribution in [0.1, 0.15) is 50.2 Å². The predicted octanol–water partition coefficient (Wildman–Crippen LogP) is 6.49. The number of thiophene rings is 1. The Hall–Kier alpha value is -4.81. The fourth-order valence-electron chi connectivity index (χ4n) is 5.18. The summed E-state index contributed by atoms with van der Waals surface area (Å²) in [6.07, 6.45) is 0.527. The molecule has 6 rings (SSSR count). The lowest BCUT2D eigenvalue weighted by Crippen LogP contribution is -2.28. The molecule has 1 aliphatic heterocycles. The van der Waals surface area contributed by atoms with Crippen LogP contribution in [0.4, 0.5) is 4.39 Å². The number of rotatable bonds is 10. The first-order valence-corrected chi connectivity index (χ1v) is 16.4. The van der Waals surface area contributed by atoms with Crippen LogP contribution in [0.3, 0.4) is 0 Å². The number of nitrogens with one attached hydrogen (secondary N) is 1. The topological polar surface area (TPSA) is 102 Å². The quantitative estimate of drug-likeness (QED) is 0.173. The van der Waals surface area contributed by atoms with E-state index in [1.807, 2.05) is 54.1 Å². The Bertz CT molecular complexity index is 1890. The van der Waals surface area contributed by atoms with Gasteiger partial charge in [0.15, 0.2) is 11.0 Å². The van der Waals surface area contributed by atoms with Gasteiger partial charge in [-0.2, -0.15) is 5.10 Å². The Morgan fingerprint density at radius 1 is 1.04 bits per heavy atom. The van der Waals surface area contributed by atoms with Gasteiger partial charge in [0, 0.05) is 12.0 Å². The molecule has 46 heavy (non-hydrogen) atoms. The molecule has 0 saturated heterocycles. The highest BCUT2D eigenvalue weighted by Gasteiger charge is 2.34. The first-order valence-electron chi connectivity index (χ1n) is 14.6. The molecular weight excluding hydrogens is 624 g/mol. The molecular formula is C34H31FN6O3S2. The summed E-state index contributed by atoms with van der Waals surface area (Å²) in [7, 11) is 1.57. The van der Waals surface area contributed by atoms with Crippen molar-refractivity contribution in [1.82, 2.24) is 25.1 Å².